The fourth-order valence-electron chi connectivity index (χ4n) is 0.522. The Morgan fingerprint density at radius 1 is 1.50 bits per heavy atom. The van der Waals surface area contributed by atoms with Crippen LogP contribution in [-0.2, 0) is 4.74 Å². The Hall–Kier alpha value is -0.0800. The van der Waals surface area contributed by atoms with Crippen LogP contribution in [0.1, 0.15) is 20.8 Å². The second kappa shape index (κ2) is 5.06. The SMILES string of the molecule is CC.CC1CNCO1. The third-order valence-electron chi connectivity index (χ3n) is 0.902. The molecule has 0 aromatic carbocycles. The third kappa shape index (κ3) is 2.99. The van der Waals surface area contributed by atoms with E-state index in [2.05, 4.69) is 12.2 Å². The summed E-state index contributed by atoms with van der Waals surface area (Å²) in [5.41, 5.74) is 0. The van der Waals surface area contributed by atoms with Gasteiger partial charge in [0.2, 0.25) is 0 Å². The molecule has 0 saturated carbocycles. The number of rotatable bonds is 0. The predicted octanol–water partition coefficient (Wildman–Crippen LogP) is 0.978. The molecule has 2 nitrogen and oxygen atoms in total. The second-order valence-corrected chi connectivity index (χ2v) is 1.58. The molecular formula is C6H15NO. The van der Waals surface area contributed by atoms with E-state index in [0.29, 0.717) is 6.10 Å². The average Bonchev–Trinajstić information content (AvgIpc) is 2.24. The van der Waals surface area contributed by atoms with Crippen molar-refractivity contribution in [1.82, 2.24) is 5.32 Å². The van der Waals surface area contributed by atoms with Gasteiger partial charge in [-0.3, -0.25) is 5.32 Å². The molecule has 1 unspecified atom stereocenters. The van der Waals surface area contributed by atoms with Gasteiger partial charge in [-0.05, 0) is 6.92 Å². The van der Waals surface area contributed by atoms with Crippen LogP contribution in [0.4, 0.5) is 0 Å². The summed E-state index contributed by atoms with van der Waals surface area (Å²) >= 11 is 0. The van der Waals surface area contributed by atoms with Gasteiger partial charge in [-0.25, -0.2) is 0 Å². The summed E-state index contributed by atoms with van der Waals surface area (Å²) in [6, 6.07) is 0. The first-order valence-corrected chi connectivity index (χ1v) is 3.22. The maximum Gasteiger partial charge on any atom is 0.0970 e. The monoisotopic (exact) mass is 117 g/mol. The topological polar surface area (TPSA) is 21.3 Å². The van der Waals surface area contributed by atoms with Crippen LogP contribution in [0, 0.1) is 0 Å². The van der Waals surface area contributed by atoms with Gasteiger partial charge in [0.15, 0.2) is 0 Å². The highest BCUT2D eigenvalue weighted by molar-refractivity contribution is 4.57. The Morgan fingerprint density at radius 3 is 2.25 bits per heavy atom. The number of hydrogen-bond donors (Lipinski definition) is 1. The van der Waals surface area contributed by atoms with Gasteiger partial charge in [0.1, 0.15) is 0 Å². The first-order valence-electron chi connectivity index (χ1n) is 3.22. The van der Waals surface area contributed by atoms with Crippen LogP contribution in [0.3, 0.4) is 0 Å². The van der Waals surface area contributed by atoms with E-state index < -0.39 is 0 Å². The van der Waals surface area contributed by atoms with Crippen LogP contribution in [0.15, 0.2) is 0 Å². The fourth-order valence-corrected chi connectivity index (χ4v) is 0.522. The quantitative estimate of drug-likeness (QED) is 0.510. The molecule has 1 N–H and O–H groups in total. The number of ether oxygens (including phenoxy) is 1. The lowest BCUT2D eigenvalue weighted by Crippen LogP contribution is -2.09. The summed E-state index contributed by atoms with van der Waals surface area (Å²) in [4.78, 5) is 0. The summed E-state index contributed by atoms with van der Waals surface area (Å²) in [6.07, 6.45) is 0.435. The molecule has 1 atom stereocenters. The molecule has 1 heterocycles. The van der Waals surface area contributed by atoms with Crippen molar-refractivity contribution in [2.45, 2.75) is 26.9 Å². The van der Waals surface area contributed by atoms with Gasteiger partial charge < -0.3 is 4.74 Å². The largest absolute Gasteiger partial charge is 0.362 e. The van der Waals surface area contributed by atoms with E-state index in [9.17, 15) is 0 Å². The molecule has 1 aliphatic heterocycles. The van der Waals surface area contributed by atoms with Crippen molar-refractivity contribution in [1.29, 1.82) is 0 Å². The molecule has 0 spiro atoms. The molecule has 8 heavy (non-hydrogen) atoms. The summed E-state index contributed by atoms with van der Waals surface area (Å²) in [6.45, 7) is 7.81. The van der Waals surface area contributed by atoms with E-state index in [4.69, 9.17) is 4.74 Å². The standard InChI is InChI=1S/C4H9NO.C2H6/c1-4-2-5-3-6-4;1-2/h4-5H,2-3H2,1H3;1-2H3. The Bertz CT molecular complexity index is 41.8. The maximum atomic E-state index is 5.04. The first kappa shape index (κ1) is 7.92. The molecule has 0 aliphatic carbocycles. The summed E-state index contributed by atoms with van der Waals surface area (Å²) in [7, 11) is 0. The lowest BCUT2D eigenvalue weighted by atomic mass is 10.4. The van der Waals surface area contributed by atoms with Gasteiger partial charge >= 0.3 is 0 Å². The minimum atomic E-state index is 0.435. The van der Waals surface area contributed by atoms with Crippen molar-refractivity contribution in [2.75, 3.05) is 13.3 Å². The zero-order valence-corrected chi connectivity index (χ0v) is 5.90. The average molecular weight is 117 g/mol. The minimum Gasteiger partial charge on any atom is -0.362 e. The highest BCUT2D eigenvalue weighted by Gasteiger charge is 2.05. The van der Waals surface area contributed by atoms with Gasteiger partial charge in [-0.2, -0.15) is 0 Å². The van der Waals surface area contributed by atoms with Crippen molar-refractivity contribution in [3.63, 3.8) is 0 Å². The Morgan fingerprint density at radius 2 is 2.12 bits per heavy atom. The van der Waals surface area contributed by atoms with Crippen LogP contribution >= 0.6 is 0 Å². The van der Waals surface area contributed by atoms with Gasteiger partial charge in [0.05, 0.1) is 12.8 Å². The van der Waals surface area contributed by atoms with Crippen LogP contribution in [0.25, 0.3) is 0 Å². The third-order valence-corrected chi connectivity index (χ3v) is 0.902. The molecule has 0 amide bonds. The maximum absolute atomic E-state index is 5.04. The molecule has 1 rings (SSSR count). The number of hydrogen-bond acceptors (Lipinski definition) is 2. The fraction of sp³-hybridized carbons (Fsp3) is 1.00. The van der Waals surface area contributed by atoms with Crippen molar-refractivity contribution >= 4 is 0 Å². The molecule has 1 aliphatic rings. The van der Waals surface area contributed by atoms with Crippen molar-refractivity contribution in [3.05, 3.63) is 0 Å². The van der Waals surface area contributed by atoms with Crippen molar-refractivity contribution in [2.24, 2.45) is 0 Å². The van der Waals surface area contributed by atoms with E-state index in [1.165, 1.54) is 0 Å². The zero-order chi connectivity index (χ0) is 6.41. The lowest BCUT2D eigenvalue weighted by molar-refractivity contribution is 0.127. The van der Waals surface area contributed by atoms with Crippen LogP contribution in [0.2, 0.25) is 0 Å². The molecule has 0 radical (unpaired) electrons. The van der Waals surface area contributed by atoms with E-state index in [0.717, 1.165) is 13.3 Å². The van der Waals surface area contributed by atoms with Gasteiger partial charge in [0, 0.05) is 6.54 Å². The molecular weight excluding hydrogens is 102 g/mol. The summed E-state index contributed by atoms with van der Waals surface area (Å²) in [5, 5.41) is 3.05. The van der Waals surface area contributed by atoms with E-state index >= 15 is 0 Å². The van der Waals surface area contributed by atoms with Crippen LogP contribution < -0.4 is 5.32 Å². The molecule has 50 valence electrons. The zero-order valence-electron chi connectivity index (χ0n) is 5.90. The molecule has 1 saturated heterocycles. The highest BCUT2D eigenvalue weighted by atomic mass is 16.5. The Kier molecular flexibility index (Phi) is 5.01. The molecule has 2 heteroatoms. The highest BCUT2D eigenvalue weighted by Crippen LogP contribution is 1.91. The van der Waals surface area contributed by atoms with Gasteiger partial charge in [0.25, 0.3) is 0 Å². The molecule has 0 bridgehead atoms. The number of nitrogens with one attached hydrogen (secondary N) is 1. The predicted molar refractivity (Wildman–Crippen MR) is 34.8 cm³/mol. The molecule has 0 aromatic rings. The second-order valence-electron chi connectivity index (χ2n) is 1.58. The first-order chi connectivity index (χ1) is 3.89. The van der Waals surface area contributed by atoms with Crippen molar-refractivity contribution in [3.8, 4) is 0 Å². The summed E-state index contributed by atoms with van der Waals surface area (Å²) in [5.74, 6) is 0. The van der Waals surface area contributed by atoms with Crippen LogP contribution in [-0.4, -0.2) is 19.4 Å². The van der Waals surface area contributed by atoms with Crippen LogP contribution in [0.5, 0.6) is 0 Å². The Labute approximate surface area is 51.2 Å². The molecule has 0 aromatic heterocycles. The molecule has 1 fully saturated rings. The Balaban J connectivity index is 0.000000222. The van der Waals surface area contributed by atoms with E-state index in [-0.39, 0.29) is 0 Å². The van der Waals surface area contributed by atoms with Gasteiger partial charge in [-0.15, -0.1) is 0 Å². The van der Waals surface area contributed by atoms with Crippen molar-refractivity contribution < 1.29 is 4.74 Å². The summed E-state index contributed by atoms with van der Waals surface area (Å²) < 4.78 is 5.04. The minimum absolute atomic E-state index is 0.435. The normalized spacial score (nSPS) is 26.6. The van der Waals surface area contributed by atoms with E-state index in [1.54, 1.807) is 0 Å². The lowest BCUT2D eigenvalue weighted by Gasteiger charge is -1.92. The van der Waals surface area contributed by atoms with E-state index in [1.807, 2.05) is 13.8 Å². The smallest absolute Gasteiger partial charge is 0.0970 e. The van der Waals surface area contributed by atoms with Gasteiger partial charge in [-0.1, -0.05) is 13.8 Å².